The molecular formula is C14H21ClN2. The molecule has 3 heteroatoms. The SMILES string of the molecule is CC1(C)CN(c2ccc(Cl)cc2)CCC1CN. The van der Waals surface area contributed by atoms with E-state index in [9.17, 15) is 0 Å². The summed E-state index contributed by atoms with van der Waals surface area (Å²) in [5, 5.41) is 0.796. The minimum Gasteiger partial charge on any atom is -0.371 e. The molecule has 0 radical (unpaired) electrons. The number of benzene rings is 1. The van der Waals surface area contributed by atoms with E-state index in [0.29, 0.717) is 5.92 Å². The third kappa shape index (κ3) is 2.75. The fourth-order valence-electron chi connectivity index (χ4n) is 2.71. The van der Waals surface area contributed by atoms with Gasteiger partial charge in [0.05, 0.1) is 0 Å². The Kier molecular flexibility index (Phi) is 3.64. The molecule has 0 aliphatic carbocycles. The van der Waals surface area contributed by atoms with Crippen LogP contribution in [0.2, 0.25) is 5.02 Å². The molecule has 17 heavy (non-hydrogen) atoms. The summed E-state index contributed by atoms with van der Waals surface area (Å²) in [6.07, 6.45) is 1.17. The quantitative estimate of drug-likeness (QED) is 0.876. The van der Waals surface area contributed by atoms with Crippen LogP contribution < -0.4 is 10.6 Å². The summed E-state index contributed by atoms with van der Waals surface area (Å²) in [6, 6.07) is 8.11. The predicted molar refractivity (Wildman–Crippen MR) is 74.6 cm³/mol. The second-order valence-electron chi connectivity index (χ2n) is 5.61. The highest BCUT2D eigenvalue weighted by Crippen LogP contribution is 2.36. The van der Waals surface area contributed by atoms with Gasteiger partial charge in [-0.3, -0.25) is 0 Å². The van der Waals surface area contributed by atoms with Crippen molar-refractivity contribution in [1.82, 2.24) is 0 Å². The van der Waals surface area contributed by atoms with Crippen LogP contribution in [0, 0.1) is 11.3 Å². The Hall–Kier alpha value is -0.730. The topological polar surface area (TPSA) is 29.3 Å². The highest BCUT2D eigenvalue weighted by atomic mass is 35.5. The Bertz CT molecular complexity index is 372. The second kappa shape index (κ2) is 4.87. The molecule has 1 aromatic carbocycles. The first kappa shape index (κ1) is 12.7. The molecule has 1 heterocycles. The normalized spacial score (nSPS) is 23.8. The van der Waals surface area contributed by atoms with Crippen molar-refractivity contribution in [2.75, 3.05) is 24.5 Å². The molecule has 2 N–H and O–H groups in total. The smallest absolute Gasteiger partial charge is 0.0407 e. The third-order valence-corrected chi connectivity index (χ3v) is 4.18. The predicted octanol–water partition coefficient (Wildman–Crippen LogP) is 3.15. The second-order valence-corrected chi connectivity index (χ2v) is 6.04. The standard InChI is InChI=1S/C14H21ClN2/c1-14(2)10-17(8-7-11(14)9-16)13-5-3-12(15)4-6-13/h3-6,11H,7-10,16H2,1-2H3. The summed E-state index contributed by atoms with van der Waals surface area (Å²) < 4.78 is 0. The number of nitrogens with two attached hydrogens (primary N) is 1. The molecule has 2 nitrogen and oxygen atoms in total. The maximum Gasteiger partial charge on any atom is 0.0407 e. The van der Waals surface area contributed by atoms with Crippen LogP contribution in [-0.4, -0.2) is 19.6 Å². The summed E-state index contributed by atoms with van der Waals surface area (Å²) in [5.74, 6) is 0.631. The summed E-state index contributed by atoms with van der Waals surface area (Å²) >= 11 is 5.92. The molecule has 1 aliphatic rings. The van der Waals surface area contributed by atoms with Gasteiger partial charge in [0.15, 0.2) is 0 Å². The van der Waals surface area contributed by atoms with Crippen molar-refractivity contribution in [3.8, 4) is 0 Å². The molecule has 1 atom stereocenters. The maximum atomic E-state index is 5.92. The first-order valence-electron chi connectivity index (χ1n) is 6.23. The van der Waals surface area contributed by atoms with Gasteiger partial charge in [0.25, 0.3) is 0 Å². The van der Waals surface area contributed by atoms with E-state index in [2.05, 4.69) is 30.9 Å². The highest BCUT2D eigenvalue weighted by molar-refractivity contribution is 6.30. The summed E-state index contributed by atoms with van der Waals surface area (Å²) in [5.41, 5.74) is 7.39. The first-order valence-corrected chi connectivity index (χ1v) is 6.61. The van der Waals surface area contributed by atoms with Gasteiger partial charge in [-0.15, -0.1) is 0 Å². The number of anilines is 1. The summed E-state index contributed by atoms with van der Waals surface area (Å²) in [6.45, 7) is 7.57. The van der Waals surface area contributed by atoms with Crippen molar-refractivity contribution in [2.45, 2.75) is 20.3 Å². The number of halogens is 1. The van der Waals surface area contributed by atoms with Gasteiger partial charge in [0, 0.05) is 23.8 Å². The van der Waals surface area contributed by atoms with Crippen molar-refractivity contribution in [1.29, 1.82) is 0 Å². The molecule has 0 aromatic heterocycles. The highest BCUT2D eigenvalue weighted by Gasteiger charge is 2.34. The van der Waals surface area contributed by atoms with Gasteiger partial charge in [-0.25, -0.2) is 0 Å². The Morgan fingerprint density at radius 2 is 2.00 bits per heavy atom. The average Bonchev–Trinajstić information content (AvgIpc) is 2.28. The molecular weight excluding hydrogens is 232 g/mol. The van der Waals surface area contributed by atoms with Gasteiger partial charge < -0.3 is 10.6 Å². The Labute approximate surface area is 109 Å². The molecule has 1 aliphatic heterocycles. The van der Waals surface area contributed by atoms with E-state index in [1.807, 2.05) is 12.1 Å². The van der Waals surface area contributed by atoms with E-state index in [1.54, 1.807) is 0 Å². The zero-order valence-electron chi connectivity index (χ0n) is 10.6. The van der Waals surface area contributed by atoms with Crippen molar-refractivity contribution >= 4 is 17.3 Å². The van der Waals surface area contributed by atoms with Crippen LogP contribution in [0.4, 0.5) is 5.69 Å². The fraction of sp³-hybridized carbons (Fsp3) is 0.571. The molecule has 0 spiro atoms. The van der Waals surface area contributed by atoms with Gasteiger partial charge in [0.1, 0.15) is 0 Å². The molecule has 94 valence electrons. The average molecular weight is 253 g/mol. The van der Waals surface area contributed by atoms with E-state index in [1.165, 1.54) is 12.1 Å². The first-order chi connectivity index (χ1) is 8.03. The maximum absolute atomic E-state index is 5.92. The molecule has 2 rings (SSSR count). The van der Waals surface area contributed by atoms with Crippen molar-refractivity contribution in [3.05, 3.63) is 29.3 Å². The lowest BCUT2D eigenvalue weighted by Gasteiger charge is -2.45. The minimum atomic E-state index is 0.284. The Morgan fingerprint density at radius 3 is 2.53 bits per heavy atom. The number of piperidine rings is 1. The van der Waals surface area contributed by atoms with Crippen LogP contribution in [0.5, 0.6) is 0 Å². The van der Waals surface area contributed by atoms with Crippen molar-refractivity contribution in [3.63, 3.8) is 0 Å². The number of hydrogen-bond acceptors (Lipinski definition) is 2. The van der Waals surface area contributed by atoms with E-state index < -0.39 is 0 Å². The summed E-state index contributed by atoms with van der Waals surface area (Å²) in [4.78, 5) is 2.43. The van der Waals surface area contributed by atoms with Crippen LogP contribution in [0.15, 0.2) is 24.3 Å². The molecule has 0 amide bonds. The van der Waals surface area contributed by atoms with E-state index in [4.69, 9.17) is 17.3 Å². The van der Waals surface area contributed by atoms with Crippen LogP contribution in [0.3, 0.4) is 0 Å². The van der Waals surface area contributed by atoms with Gasteiger partial charge in [-0.05, 0) is 48.6 Å². The Balaban J connectivity index is 2.12. The van der Waals surface area contributed by atoms with Gasteiger partial charge in [-0.2, -0.15) is 0 Å². The molecule has 1 aromatic rings. The van der Waals surface area contributed by atoms with Crippen LogP contribution in [-0.2, 0) is 0 Å². The molecule has 1 saturated heterocycles. The zero-order chi connectivity index (χ0) is 12.5. The lowest BCUT2D eigenvalue weighted by atomic mass is 9.74. The van der Waals surface area contributed by atoms with Crippen molar-refractivity contribution in [2.24, 2.45) is 17.1 Å². The molecule has 1 unspecified atom stereocenters. The minimum absolute atomic E-state index is 0.284. The third-order valence-electron chi connectivity index (χ3n) is 3.93. The van der Waals surface area contributed by atoms with Crippen LogP contribution >= 0.6 is 11.6 Å². The molecule has 0 bridgehead atoms. The fourth-order valence-corrected chi connectivity index (χ4v) is 2.84. The Morgan fingerprint density at radius 1 is 1.35 bits per heavy atom. The summed E-state index contributed by atoms with van der Waals surface area (Å²) in [7, 11) is 0. The number of hydrogen-bond donors (Lipinski definition) is 1. The van der Waals surface area contributed by atoms with Gasteiger partial charge in [-0.1, -0.05) is 25.4 Å². The lowest BCUT2D eigenvalue weighted by molar-refractivity contribution is 0.182. The zero-order valence-corrected chi connectivity index (χ0v) is 11.4. The largest absolute Gasteiger partial charge is 0.371 e. The van der Waals surface area contributed by atoms with Gasteiger partial charge >= 0.3 is 0 Å². The van der Waals surface area contributed by atoms with Gasteiger partial charge in [0.2, 0.25) is 0 Å². The van der Waals surface area contributed by atoms with E-state index in [0.717, 1.165) is 24.7 Å². The number of nitrogens with zero attached hydrogens (tertiary/aromatic N) is 1. The number of rotatable bonds is 2. The van der Waals surface area contributed by atoms with Crippen LogP contribution in [0.1, 0.15) is 20.3 Å². The lowest BCUT2D eigenvalue weighted by Crippen LogP contribution is -2.48. The molecule has 0 saturated carbocycles. The van der Waals surface area contributed by atoms with Crippen LogP contribution in [0.25, 0.3) is 0 Å². The molecule has 1 fully saturated rings. The van der Waals surface area contributed by atoms with E-state index >= 15 is 0 Å². The monoisotopic (exact) mass is 252 g/mol. The van der Waals surface area contributed by atoms with Crippen molar-refractivity contribution < 1.29 is 0 Å². The van der Waals surface area contributed by atoms with E-state index in [-0.39, 0.29) is 5.41 Å².